The van der Waals surface area contributed by atoms with Crippen LogP contribution in [0.1, 0.15) is 18.6 Å². The summed E-state index contributed by atoms with van der Waals surface area (Å²) in [5.74, 6) is 0.641. The summed E-state index contributed by atoms with van der Waals surface area (Å²) in [5, 5.41) is 8.35. The van der Waals surface area contributed by atoms with Crippen LogP contribution < -0.4 is 0 Å². The van der Waals surface area contributed by atoms with Gasteiger partial charge in [-0.15, -0.1) is 0 Å². The van der Waals surface area contributed by atoms with Crippen LogP contribution in [0.15, 0.2) is 30.3 Å². The zero-order chi connectivity index (χ0) is 13.0. The van der Waals surface area contributed by atoms with E-state index < -0.39 is 0 Å². The minimum Gasteiger partial charge on any atom is -0.456 e. The number of nitrogens with zero attached hydrogens (tertiary/aromatic N) is 1. The van der Waals surface area contributed by atoms with Crippen LogP contribution in [0.25, 0.3) is 0 Å². The zero-order valence-electron chi connectivity index (χ0n) is 10.3. The normalized spacial score (nSPS) is 16.7. The highest BCUT2D eigenvalue weighted by Gasteiger charge is 2.24. The number of nitrogens with one attached hydrogen (secondary N) is 1. The highest BCUT2D eigenvalue weighted by Crippen LogP contribution is 2.23. The maximum absolute atomic E-state index is 11.2. The smallest absolute Gasteiger partial charge is 0.303 e. The molecule has 1 aliphatic rings. The van der Waals surface area contributed by atoms with Gasteiger partial charge in [0.05, 0.1) is 6.54 Å². The quantitative estimate of drug-likeness (QED) is 0.848. The van der Waals surface area contributed by atoms with E-state index in [1.54, 1.807) is 0 Å². The second-order valence-electron chi connectivity index (χ2n) is 4.11. The molecule has 1 unspecified atom stereocenters. The lowest BCUT2D eigenvalue weighted by Crippen LogP contribution is -2.30. The van der Waals surface area contributed by atoms with E-state index in [0.717, 1.165) is 17.9 Å². The van der Waals surface area contributed by atoms with Gasteiger partial charge in [-0.25, -0.2) is 0 Å². The zero-order valence-corrected chi connectivity index (χ0v) is 11.1. The van der Waals surface area contributed by atoms with Crippen molar-refractivity contribution in [3.8, 4) is 0 Å². The number of thioether (sulfide) groups is 1. The molecule has 0 saturated carbocycles. The molecule has 96 valence electrons. The first-order valence-electron chi connectivity index (χ1n) is 5.85. The Morgan fingerprint density at radius 1 is 1.50 bits per heavy atom. The molecule has 4 nitrogen and oxygen atoms in total. The van der Waals surface area contributed by atoms with Crippen LogP contribution in [0.2, 0.25) is 0 Å². The van der Waals surface area contributed by atoms with Crippen molar-refractivity contribution in [3.05, 3.63) is 35.9 Å². The molecule has 0 amide bonds. The first-order chi connectivity index (χ1) is 8.66. The molecule has 1 heterocycles. The monoisotopic (exact) mass is 264 g/mol. The van der Waals surface area contributed by atoms with Crippen molar-refractivity contribution in [2.24, 2.45) is 0 Å². The third-order valence-electron chi connectivity index (χ3n) is 2.75. The minimum absolute atomic E-state index is 0.290. The van der Waals surface area contributed by atoms with Crippen molar-refractivity contribution in [2.45, 2.75) is 13.0 Å². The maximum Gasteiger partial charge on any atom is 0.303 e. The Balaban J connectivity index is 2.10. The fourth-order valence-corrected chi connectivity index (χ4v) is 2.75. The molecule has 0 aromatic heterocycles. The molecule has 1 saturated heterocycles. The van der Waals surface area contributed by atoms with Gasteiger partial charge < -0.3 is 9.64 Å². The minimum atomic E-state index is -0.303. The number of benzene rings is 1. The van der Waals surface area contributed by atoms with E-state index >= 15 is 0 Å². The van der Waals surface area contributed by atoms with Gasteiger partial charge in [0, 0.05) is 19.2 Å². The highest BCUT2D eigenvalue weighted by atomic mass is 32.2. The van der Waals surface area contributed by atoms with Crippen LogP contribution in [0.3, 0.4) is 0 Å². The van der Waals surface area contributed by atoms with Gasteiger partial charge in [0.1, 0.15) is 6.10 Å². The van der Waals surface area contributed by atoms with E-state index in [9.17, 15) is 4.79 Å². The van der Waals surface area contributed by atoms with Crippen LogP contribution in [-0.2, 0) is 9.53 Å². The standard InChI is InChI=1S/C13H16N2O2S/c1-10(16)17-12(11-5-3-2-4-6-11)9-15-7-8-18-13(15)14/h2-6,12,14H,7-9H2,1H3. The maximum atomic E-state index is 11.2. The van der Waals surface area contributed by atoms with Crippen LogP contribution in [-0.4, -0.2) is 34.9 Å². The average Bonchev–Trinajstić information content (AvgIpc) is 2.75. The Labute approximate surface area is 111 Å². The van der Waals surface area contributed by atoms with Crippen molar-refractivity contribution < 1.29 is 9.53 Å². The van der Waals surface area contributed by atoms with Crippen LogP contribution in [0.5, 0.6) is 0 Å². The molecule has 18 heavy (non-hydrogen) atoms. The molecular weight excluding hydrogens is 248 g/mol. The van der Waals surface area contributed by atoms with Crippen molar-refractivity contribution >= 4 is 22.9 Å². The molecule has 0 spiro atoms. The van der Waals surface area contributed by atoms with Gasteiger partial charge in [-0.05, 0) is 5.56 Å². The molecule has 2 rings (SSSR count). The summed E-state index contributed by atoms with van der Waals surface area (Å²) in [4.78, 5) is 13.1. The van der Waals surface area contributed by atoms with Gasteiger partial charge in [-0.3, -0.25) is 10.2 Å². The summed E-state index contributed by atoms with van der Waals surface area (Å²) in [6, 6.07) is 9.68. The number of esters is 1. The van der Waals surface area contributed by atoms with Gasteiger partial charge >= 0.3 is 5.97 Å². The lowest BCUT2D eigenvalue weighted by Gasteiger charge is -2.24. The molecular formula is C13H16N2O2S. The Morgan fingerprint density at radius 2 is 2.22 bits per heavy atom. The summed E-state index contributed by atoms with van der Waals surface area (Å²) in [7, 11) is 0. The number of rotatable bonds is 4. The fourth-order valence-electron chi connectivity index (χ4n) is 1.90. The van der Waals surface area contributed by atoms with E-state index in [4.69, 9.17) is 10.1 Å². The Morgan fingerprint density at radius 3 is 2.78 bits per heavy atom. The summed E-state index contributed by atoms with van der Waals surface area (Å²) in [6.45, 7) is 2.81. The van der Waals surface area contributed by atoms with Gasteiger partial charge in [-0.2, -0.15) is 0 Å². The lowest BCUT2D eigenvalue weighted by atomic mass is 10.1. The summed E-state index contributed by atoms with van der Waals surface area (Å²) < 4.78 is 5.36. The summed E-state index contributed by atoms with van der Waals surface area (Å²) in [5.41, 5.74) is 0.970. The van der Waals surface area contributed by atoms with Crippen molar-refractivity contribution in [2.75, 3.05) is 18.8 Å². The molecule has 0 bridgehead atoms. The number of hydrogen-bond donors (Lipinski definition) is 1. The second kappa shape index (κ2) is 5.91. The Hall–Kier alpha value is -1.49. The first-order valence-corrected chi connectivity index (χ1v) is 6.84. The van der Waals surface area contributed by atoms with Crippen LogP contribution >= 0.6 is 11.8 Å². The van der Waals surface area contributed by atoms with E-state index in [-0.39, 0.29) is 12.1 Å². The van der Waals surface area contributed by atoms with Gasteiger partial charge in [0.15, 0.2) is 5.17 Å². The molecule has 1 fully saturated rings. The van der Waals surface area contributed by atoms with Crippen molar-refractivity contribution in [1.82, 2.24) is 4.90 Å². The molecule has 1 aliphatic heterocycles. The van der Waals surface area contributed by atoms with E-state index in [1.807, 2.05) is 35.2 Å². The largest absolute Gasteiger partial charge is 0.456 e. The number of carbonyl (C=O) groups is 1. The molecule has 1 aromatic carbocycles. The van der Waals surface area contributed by atoms with Gasteiger partial charge in [0.25, 0.3) is 0 Å². The predicted octanol–water partition coefficient (Wildman–Crippen LogP) is 2.27. The molecule has 1 atom stereocenters. The number of ether oxygens (including phenoxy) is 1. The number of amidine groups is 1. The van der Waals surface area contributed by atoms with Gasteiger partial charge in [0.2, 0.25) is 0 Å². The molecule has 1 N–H and O–H groups in total. The van der Waals surface area contributed by atoms with Crippen molar-refractivity contribution in [3.63, 3.8) is 0 Å². The second-order valence-corrected chi connectivity index (χ2v) is 5.19. The molecule has 0 radical (unpaired) electrons. The van der Waals surface area contributed by atoms with E-state index in [2.05, 4.69) is 0 Å². The SMILES string of the molecule is CC(=O)OC(CN1CCSC1=N)c1ccccc1. The fraction of sp³-hybridized carbons (Fsp3) is 0.385. The summed E-state index contributed by atoms with van der Waals surface area (Å²) >= 11 is 1.53. The Bertz CT molecular complexity index is 436. The first kappa shape index (κ1) is 13.0. The third kappa shape index (κ3) is 3.26. The third-order valence-corrected chi connectivity index (χ3v) is 3.67. The van der Waals surface area contributed by atoms with E-state index in [0.29, 0.717) is 11.7 Å². The summed E-state index contributed by atoms with van der Waals surface area (Å²) in [6.07, 6.45) is -0.303. The van der Waals surface area contributed by atoms with Crippen LogP contribution in [0.4, 0.5) is 0 Å². The number of hydrogen-bond acceptors (Lipinski definition) is 4. The van der Waals surface area contributed by atoms with E-state index in [1.165, 1.54) is 18.7 Å². The topological polar surface area (TPSA) is 53.4 Å². The lowest BCUT2D eigenvalue weighted by molar-refractivity contribution is -0.147. The molecule has 5 heteroatoms. The van der Waals surface area contributed by atoms with Gasteiger partial charge in [-0.1, -0.05) is 42.1 Å². The number of carbonyl (C=O) groups excluding carboxylic acids is 1. The molecule has 1 aromatic rings. The highest BCUT2D eigenvalue weighted by molar-refractivity contribution is 8.14. The van der Waals surface area contributed by atoms with Crippen LogP contribution in [0, 0.1) is 5.41 Å². The molecule has 0 aliphatic carbocycles. The average molecular weight is 264 g/mol. The van der Waals surface area contributed by atoms with Crippen molar-refractivity contribution in [1.29, 1.82) is 5.41 Å². The Kier molecular flexibility index (Phi) is 4.25. The predicted molar refractivity (Wildman–Crippen MR) is 72.7 cm³/mol.